The first-order valence-corrected chi connectivity index (χ1v) is 8.93. The van der Waals surface area contributed by atoms with Crippen LogP contribution in [0.2, 0.25) is 0 Å². The number of amides is 2. The molecule has 2 N–H and O–H groups in total. The van der Waals surface area contributed by atoms with Gasteiger partial charge in [0.25, 0.3) is 17.5 Å². The van der Waals surface area contributed by atoms with Crippen molar-refractivity contribution in [3.63, 3.8) is 0 Å². The summed E-state index contributed by atoms with van der Waals surface area (Å²) in [7, 11) is 0. The molecule has 0 saturated carbocycles. The van der Waals surface area contributed by atoms with Gasteiger partial charge in [0.2, 0.25) is 0 Å². The number of nitrogens with one attached hydrogen (secondary N) is 2. The van der Waals surface area contributed by atoms with Crippen molar-refractivity contribution in [2.24, 2.45) is 0 Å². The van der Waals surface area contributed by atoms with E-state index in [0.717, 1.165) is 6.42 Å². The Bertz CT molecular complexity index is 851. The summed E-state index contributed by atoms with van der Waals surface area (Å²) in [6.07, 6.45) is -0.0763. The molecule has 0 aliphatic carbocycles. The van der Waals surface area contributed by atoms with Crippen LogP contribution >= 0.6 is 0 Å². The predicted molar refractivity (Wildman–Crippen MR) is 105 cm³/mol. The SMILES string of the molecule is CCC(C)NC(=O)c1ccccc1NC(=O)C(C)Oc1ccc([N+](=O)[O-])cc1. The highest BCUT2D eigenvalue weighted by atomic mass is 16.6. The number of ether oxygens (including phenoxy) is 1. The molecule has 0 aliphatic rings. The summed E-state index contributed by atoms with van der Waals surface area (Å²) in [5, 5.41) is 16.3. The van der Waals surface area contributed by atoms with E-state index in [1.54, 1.807) is 31.2 Å². The number of carbonyl (C=O) groups is 2. The van der Waals surface area contributed by atoms with Crippen molar-refractivity contribution in [3.8, 4) is 5.75 Å². The van der Waals surface area contributed by atoms with E-state index in [1.807, 2.05) is 13.8 Å². The molecule has 0 bridgehead atoms. The molecule has 0 radical (unpaired) electrons. The molecule has 2 aromatic rings. The molecule has 148 valence electrons. The highest BCUT2D eigenvalue weighted by molar-refractivity contribution is 6.04. The van der Waals surface area contributed by atoms with Gasteiger partial charge in [-0.05, 0) is 44.5 Å². The summed E-state index contributed by atoms with van der Waals surface area (Å²) >= 11 is 0. The fourth-order valence-electron chi connectivity index (χ4n) is 2.33. The van der Waals surface area contributed by atoms with Crippen LogP contribution in [-0.4, -0.2) is 28.9 Å². The smallest absolute Gasteiger partial charge is 0.269 e. The van der Waals surface area contributed by atoms with E-state index in [1.165, 1.54) is 24.3 Å². The third-order valence-electron chi connectivity index (χ3n) is 4.15. The maximum absolute atomic E-state index is 12.5. The number of hydrogen-bond donors (Lipinski definition) is 2. The lowest BCUT2D eigenvalue weighted by molar-refractivity contribution is -0.384. The van der Waals surface area contributed by atoms with Crippen molar-refractivity contribution < 1.29 is 19.2 Å². The van der Waals surface area contributed by atoms with E-state index in [2.05, 4.69) is 10.6 Å². The van der Waals surface area contributed by atoms with Crippen LogP contribution in [0.5, 0.6) is 5.75 Å². The van der Waals surface area contributed by atoms with Gasteiger partial charge in [-0.1, -0.05) is 19.1 Å². The number of hydrogen-bond acceptors (Lipinski definition) is 5. The maximum Gasteiger partial charge on any atom is 0.269 e. The topological polar surface area (TPSA) is 111 Å². The molecule has 8 nitrogen and oxygen atoms in total. The molecule has 28 heavy (non-hydrogen) atoms. The number of para-hydroxylation sites is 1. The normalized spacial score (nSPS) is 12.5. The van der Waals surface area contributed by atoms with E-state index >= 15 is 0 Å². The fourth-order valence-corrected chi connectivity index (χ4v) is 2.33. The Labute approximate surface area is 163 Å². The molecule has 0 aliphatic heterocycles. The lowest BCUT2D eigenvalue weighted by Crippen LogP contribution is -2.34. The minimum atomic E-state index is -0.868. The Hall–Kier alpha value is -3.42. The van der Waals surface area contributed by atoms with E-state index in [-0.39, 0.29) is 17.6 Å². The van der Waals surface area contributed by atoms with Crippen LogP contribution in [0.1, 0.15) is 37.6 Å². The summed E-state index contributed by atoms with van der Waals surface area (Å²) in [5.74, 6) is -0.382. The molecule has 2 rings (SSSR count). The number of nitro groups is 1. The van der Waals surface area contributed by atoms with Crippen molar-refractivity contribution in [1.29, 1.82) is 0 Å². The summed E-state index contributed by atoms with van der Waals surface area (Å²) < 4.78 is 5.53. The van der Waals surface area contributed by atoms with Gasteiger partial charge < -0.3 is 15.4 Å². The fraction of sp³-hybridized carbons (Fsp3) is 0.300. The van der Waals surface area contributed by atoms with E-state index in [9.17, 15) is 19.7 Å². The van der Waals surface area contributed by atoms with E-state index in [4.69, 9.17) is 4.74 Å². The first-order valence-electron chi connectivity index (χ1n) is 8.93. The van der Waals surface area contributed by atoms with Gasteiger partial charge >= 0.3 is 0 Å². The molecule has 0 saturated heterocycles. The molecule has 0 fully saturated rings. The predicted octanol–water partition coefficient (Wildman–Crippen LogP) is 3.53. The molecular weight excluding hydrogens is 362 g/mol. The number of nitrogens with zero attached hydrogens (tertiary/aromatic N) is 1. The largest absolute Gasteiger partial charge is 0.481 e. The van der Waals surface area contributed by atoms with E-state index in [0.29, 0.717) is 17.0 Å². The van der Waals surface area contributed by atoms with Crippen molar-refractivity contribution >= 4 is 23.2 Å². The van der Waals surface area contributed by atoms with E-state index < -0.39 is 16.9 Å². The first kappa shape index (κ1) is 20.9. The summed E-state index contributed by atoms with van der Waals surface area (Å²) in [6, 6.07) is 12.2. The second-order valence-electron chi connectivity index (χ2n) is 6.33. The molecule has 0 spiro atoms. The Morgan fingerprint density at radius 2 is 1.75 bits per heavy atom. The van der Waals surface area contributed by atoms with Crippen LogP contribution in [0.15, 0.2) is 48.5 Å². The van der Waals surface area contributed by atoms with Crippen LogP contribution < -0.4 is 15.4 Å². The van der Waals surface area contributed by atoms with Crippen molar-refractivity contribution in [3.05, 3.63) is 64.2 Å². The van der Waals surface area contributed by atoms with Gasteiger partial charge in [0.1, 0.15) is 5.75 Å². The zero-order valence-corrected chi connectivity index (χ0v) is 16.0. The minimum absolute atomic E-state index is 0.0145. The second-order valence-corrected chi connectivity index (χ2v) is 6.33. The van der Waals surface area contributed by atoms with Gasteiger partial charge in [-0.25, -0.2) is 0 Å². The van der Waals surface area contributed by atoms with Crippen molar-refractivity contribution in [2.75, 3.05) is 5.32 Å². The average Bonchev–Trinajstić information content (AvgIpc) is 2.68. The third kappa shape index (κ3) is 5.54. The van der Waals surface area contributed by atoms with Crippen molar-refractivity contribution in [1.82, 2.24) is 5.32 Å². The number of non-ortho nitro benzene ring substituents is 1. The number of rotatable bonds is 8. The van der Waals surface area contributed by atoms with Gasteiger partial charge in [-0.15, -0.1) is 0 Å². The van der Waals surface area contributed by atoms with Gasteiger partial charge in [0, 0.05) is 18.2 Å². The van der Waals surface area contributed by atoms with Gasteiger partial charge in [-0.2, -0.15) is 0 Å². The second kappa shape index (κ2) is 9.50. The Morgan fingerprint density at radius 3 is 2.36 bits per heavy atom. The maximum atomic E-state index is 12.5. The first-order chi connectivity index (χ1) is 13.3. The standard InChI is InChI=1S/C20H23N3O5/c1-4-13(2)21-20(25)17-7-5-6-8-18(17)22-19(24)14(3)28-16-11-9-15(10-12-16)23(26)27/h5-14H,4H2,1-3H3,(H,21,25)(H,22,24). The number of carbonyl (C=O) groups excluding carboxylic acids is 2. The van der Waals surface area contributed by atoms with Crippen molar-refractivity contribution in [2.45, 2.75) is 39.3 Å². The summed E-state index contributed by atoms with van der Waals surface area (Å²) in [6.45, 7) is 5.42. The third-order valence-corrected chi connectivity index (χ3v) is 4.15. The monoisotopic (exact) mass is 385 g/mol. The molecule has 8 heteroatoms. The van der Waals surface area contributed by atoms with Crippen LogP contribution in [0.25, 0.3) is 0 Å². The Kier molecular flexibility index (Phi) is 7.08. The number of anilines is 1. The highest BCUT2D eigenvalue weighted by Crippen LogP contribution is 2.20. The quantitative estimate of drug-likeness (QED) is 0.533. The Morgan fingerprint density at radius 1 is 1.11 bits per heavy atom. The summed E-state index contributed by atoms with van der Waals surface area (Å²) in [5.41, 5.74) is 0.678. The van der Waals surface area contributed by atoms with Crippen LogP contribution in [-0.2, 0) is 4.79 Å². The lowest BCUT2D eigenvalue weighted by atomic mass is 10.1. The zero-order chi connectivity index (χ0) is 20.7. The molecule has 2 unspecified atom stereocenters. The Balaban J connectivity index is 2.05. The lowest BCUT2D eigenvalue weighted by Gasteiger charge is -2.17. The average molecular weight is 385 g/mol. The molecule has 2 amide bonds. The van der Waals surface area contributed by atoms with Gasteiger partial charge in [0.15, 0.2) is 6.10 Å². The minimum Gasteiger partial charge on any atom is -0.481 e. The molecular formula is C20H23N3O5. The highest BCUT2D eigenvalue weighted by Gasteiger charge is 2.19. The van der Waals surface area contributed by atoms with Crippen LogP contribution in [0, 0.1) is 10.1 Å². The zero-order valence-electron chi connectivity index (χ0n) is 16.0. The van der Waals surface area contributed by atoms with Gasteiger partial charge in [-0.3, -0.25) is 19.7 Å². The van der Waals surface area contributed by atoms with Crippen LogP contribution in [0.4, 0.5) is 11.4 Å². The molecule has 2 aromatic carbocycles. The summed E-state index contributed by atoms with van der Waals surface area (Å²) in [4.78, 5) is 35.1. The molecule has 0 heterocycles. The molecule has 2 atom stereocenters. The number of benzene rings is 2. The number of nitro benzene ring substituents is 1. The van der Waals surface area contributed by atoms with Gasteiger partial charge in [0.05, 0.1) is 16.2 Å². The molecule has 0 aromatic heterocycles. The van der Waals surface area contributed by atoms with Crippen LogP contribution in [0.3, 0.4) is 0 Å².